The molecule has 0 heterocycles. The van der Waals surface area contributed by atoms with Crippen LogP contribution in [0.2, 0.25) is 0 Å². The molecular formula is C79H151NO5. The van der Waals surface area contributed by atoms with E-state index in [2.05, 4.69) is 43.5 Å². The molecule has 0 aromatic carbocycles. The first-order chi connectivity index (χ1) is 42.0. The summed E-state index contributed by atoms with van der Waals surface area (Å²) in [7, 11) is 0. The van der Waals surface area contributed by atoms with Gasteiger partial charge in [0.25, 0.3) is 0 Å². The number of aliphatic hydroxyl groups excluding tert-OH is 2. The molecule has 6 heteroatoms. The molecule has 502 valence electrons. The van der Waals surface area contributed by atoms with Crippen molar-refractivity contribution in [3.63, 3.8) is 0 Å². The smallest absolute Gasteiger partial charge is 0.305 e. The van der Waals surface area contributed by atoms with Gasteiger partial charge in [-0.05, 0) is 83.5 Å². The van der Waals surface area contributed by atoms with Crippen LogP contribution in [0.3, 0.4) is 0 Å². The molecule has 0 aliphatic rings. The molecular weight excluding hydrogens is 1040 g/mol. The molecule has 0 aliphatic heterocycles. The molecule has 0 rings (SSSR count). The maximum atomic E-state index is 12.5. The van der Waals surface area contributed by atoms with Crippen LogP contribution in [0.25, 0.3) is 0 Å². The Kier molecular flexibility index (Phi) is 72.9. The Bertz CT molecular complexity index is 1380. The zero-order valence-corrected chi connectivity index (χ0v) is 57.6. The Labute approximate surface area is 532 Å². The van der Waals surface area contributed by atoms with Crippen LogP contribution in [-0.2, 0) is 14.3 Å². The summed E-state index contributed by atoms with van der Waals surface area (Å²) in [4.78, 5) is 24.6. The number of carbonyl (C=O) groups is 2. The van der Waals surface area contributed by atoms with Crippen LogP contribution >= 0.6 is 0 Å². The van der Waals surface area contributed by atoms with E-state index in [0.717, 1.165) is 44.9 Å². The highest BCUT2D eigenvalue weighted by molar-refractivity contribution is 5.76. The summed E-state index contributed by atoms with van der Waals surface area (Å²) in [5.41, 5.74) is 0. The maximum absolute atomic E-state index is 12.5. The van der Waals surface area contributed by atoms with Crippen molar-refractivity contribution >= 4 is 11.9 Å². The molecule has 0 saturated heterocycles. The molecule has 6 nitrogen and oxygen atoms in total. The summed E-state index contributed by atoms with van der Waals surface area (Å²) < 4.78 is 5.49. The molecule has 0 fully saturated rings. The number of esters is 1. The number of unbranched alkanes of at least 4 members (excludes halogenated alkanes) is 58. The molecule has 0 aromatic rings. The third-order valence-corrected chi connectivity index (χ3v) is 18.1. The van der Waals surface area contributed by atoms with Gasteiger partial charge in [-0.2, -0.15) is 0 Å². The zero-order valence-electron chi connectivity index (χ0n) is 57.6. The van der Waals surface area contributed by atoms with Crippen LogP contribution in [-0.4, -0.2) is 47.4 Å². The van der Waals surface area contributed by atoms with Crippen molar-refractivity contribution in [2.75, 3.05) is 13.2 Å². The summed E-state index contributed by atoms with van der Waals surface area (Å²) in [5.74, 6) is -0.0468. The predicted molar refractivity (Wildman–Crippen MR) is 375 cm³/mol. The normalized spacial score (nSPS) is 12.7. The Morgan fingerprint density at radius 1 is 0.318 bits per heavy atom. The van der Waals surface area contributed by atoms with Gasteiger partial charge in [0, 0.05) is 12.8 Å². The van der Waals surface area contributed by atoms with Crippen LogP contribution in [0.5, 0.6) is 0 Å². The van der Waals surface area contributed by atoms with Gasteiger partial charge < -0.3 is 20.3 Å². The third-order valence-electron chi connectivity index (χ3n) is 18.1. The molecule has 2 atom stereocenters. The van der Waals surface area contributed by atoms with Crippen molar-refractivity contribution in [2.45, 2.75) is 443 Å². The number of carbonyl (C=O) groups excluding carboxylic acids is 2. The second-order valence-electron chi connectivity index (χ2n) is 26.7. The van der Waals surface area contributed by atoms with Crippen molar-refractivity contribution in [3.8, 4) is 0 Å². The molecule has 0 aliphatic carbocycles. The summed E-state index contributed by atoms with van der Waals surface area (Å²) in [6, 6.07) is -0.624. The number of allylic oxidation sites excluding steroid dienone is 5. The zero-order chi connectivity index (χ0) is 61.3. The summed E-state index contributed by atoms with van der Waals surface area (Å²) in [6.07, 6.45) is 97.0. The molecule has 3 N–H and O–H groups in total. The Balaban J connectivity index is 3.33. The average molecular weight is 1200 g/mol. The SMILES string of the molecule is CCCCCCC/C=C\CCCCCCCC(=O)OCCCCCCCCCCCCCCCCCCCC/C=C\CCCCCCCCCCCCCCCCCCCC(=O)NC(CO)C(O)/C=C/CCCCCCCCCCCCCCC. The van der Waals surface area contributed by atoms with Gasteiger partial charge in [0.15, 0.2) is 0 Å². The molecule has 0 aromatic heterocycles. The molecule has 2 unspecified atom stereocenters. The lowest BCUT2D eigenvalue weighted by Crippen LogP contribution is -2.45. The minimum atomic E-state index is -0.841. The number of amides is 1. The molecule has 0 saturated carbocycles. The van der Waals surface area contributed by atoms with Crippen molar-refractivity contribution < 1.29 is 24.5 Å². The highest BCUT2D eigenvalue weighted by atomic mass is 16.5. The lowest BCUT2D eigenvalue weighted by Gasteiger charge is -2.20. The number of hydrogen-bond donors (Lipinski definition) is 3. The largest absolute Gasteiger partial charge is 0.466 e. The first-order valence-corrected chi connectivity index (χ1v) is 38.8. The van der Waals surface area contributed by atoms with Crippen LogP contribution in [0, 0.1) is 0 Å². The molecule has 85 heavy (non-hydrogen) atoms. The fourth-order valence-corrected chi connectivity index (χ4v) is 12.2. The van der Waals surface area contributed by atoms with E-state index in [9.17, 15) is 19.8 Å². The average Bonchev–Trinajstić information content (AvgIpc) is 3.52. The van der Waals surface area contributed by atoms with E-state index in [4.69, 9.17) is 4.74 Å². The predicted octanol–water partition coefficient (Wildman–Crippen LogP) is 25.4. The number of hydrogen-bond acceptors (Lipinski definition) is 5. The van der Waals surface area contributed by atoms with E-state index < -0.39 is 12.1 Å². The topological polar surface area (TPSA) is 95.9 Å². The number of ether oxygens (including phenoxy) is 1. The van der Waals surface area contributed by atoms with Crippen LogP contribution in [0.15, 0.2) is 36.5 Å². The van der Waals surface area contributed by atoms with Crippen molar-refractivity contribution in [3.05, 3.63) is 36.5 Å². The van der Waals surface area contributed by atoms with E-state index in [-0.39, 0.29) is 18.5 Å². The summed E-state index contributed by atoms with van der Waals surface area (Å²) in [6.45, 7) is 4.93. The second-order valence-corrected chi connectivity index (χ2v) is 26.7. The summed E-state index contributed by atoms with van der Waals surface area (Å²) in [5, 5.41) is 23.2. The Morgan fingerprint density at radius 2 is 0.553 bits per heavy atom. The van der Waals surface area contributed by atoms with Gasteiger partial charge in [-0.15, -0.1) is 0 Å². The minimum absolute atomic E-state index is 0.0142. The fourth-order valence-electron chi connectivity index (χ4n) is 12.2. The molecule has 0 radical (unpaired) electrons. The highest BCUT2D eigenvalue weighted by Crippen LogP contribution is 2.19. The fraction of sp³-hybridized carbons (Fsp3) is 0.899. The van der Waals surface area contributed by atoms with E-state index >= 15 is 0 Å². The summed E-state index contributed by atoms with van der Waals surface area (Å²) >= 11 is 0. The third kappa shape index (κ3) is 71.0. The molecule has 0 spiro atoms. The van der Waals surface area contributed by atoms with Crippen LogP contribution in [0.4, 0.5) is 0 Å². The second kappa shape index (κ2) is 74.5. The standard InChI is InChI=1S/C79H151NO5/c1-3-5-7-9-11-13-15-17-44-47-51-55-59-63-67-71-77(82)76(75-81)80-78(83)72-68-64-60-56-52-48-45-42-40-38-36-34-32-30-28-26-24-22-20-19-21-23-25-27-29-31-33-35-37-39-41-43-46-50-54-58-62-66-70-74-85-79(84)73-69-65-61-57-53-49-18-16-14-12-10-8-6-4-2/h16,18-20,67,71,76-77,81-82H,3-15,17,21-66,68-70,72-75H2,1-2H3,(H,80,83)/b18-16-,20-19-,71-67+. The van der Waals surface area contributed by atoms with Gasteiger partial charge in [0.05, 0.1) is 25.4 Å². The number of aliphatic hydroxyl groups is 2. The quantitative estimate of drug-likeness (QED) is 0.0320. The van der Waals surface area contributed by atoms with E-state index in [1.807, 2.05) is 6.08 Å². The van der Waals surface area contributed by atoms with Crippen LogP contribution in [0.1, 0.15) is 431 Å². The Morgan fingerprint density at radius 3 is 0.835 bits per heavy atom. The van der Waals surface area contributed by atoms with Gasteiger partial charge in [0.1, 0.15) is 0 Å². The maximum Gasteiger partial charge on any atom is 0.305 e. The van der Waals surface area contributed by atoms with Gasteiger partial charge in [0.2, 0.25) is 5.91 Å². The van der Waals surface area contributed by atoms with Gasteiger partial charge in [-0.1, -0.05) is 371 Å². The Hall–Kier alpha value is -1.92. The number of rotatable bonds is 73. The van der Waals surface area contributed by atoms with E-state index in [1.54, 1.807) is 6.08 Å². The lowest BCUT2D eigenvalue weighted by molar-refractivity contribution is -0.143. The van der Waals surface area contributed by atoms with Gasteiger partial charge in [-0.3, -0.25) is 9.59 Å². The lowest BCUT2D eigenvalue weighted by atomic mass is 10.0. The van der Waals surface area contributed by atoms with E-state index in [1.165, 1.54) is 360 Å². The van der Waals surface area contributed by atoms with E-state index in [0.29, 0.717) is 19.4 Å². The van der Waals surface area contributed by atoms with Crippen molar-refractivity contribution in [1.29, 1.82) is 0 Å². The number of nitrogens with one attached hydrogen (secondary N) is 1. The van der Waals surface area contributed by atoms with Crippen molar-refractivity contribution in [1.82, 2.24) is 5.32 Å². The first-order valence-electron chi connectivity index (χ1n) is 38.8. The van der Waals surface area contributed by atoms with Gasteiger partial charge >= 0.3 is 5.97 Å². The highest BCUT2D eigenvalue weighted by Gasteiger charge is 2.18. The minimum Gasteiger partial charge on any atom is -0.466 e. The molecule has 0 bridgehead atoms. The molecule has 1 amide bonds. The monoisotopic (exact) mass is 1190 g/mol. The first kappa shape index (κ1) is 83.1. The van der Waals surface area contributed by atoms with Crippen LogP contribution < -0.4 is 5.32 Å². The van der Waals surface area contributed by atoms with Gasteiger partial charge in [-0.25, -0.2) is 0 Å². The van der Waals surface area contributed by atoms with Crippen molar-refractivity contribution in [2.24, 2.45) is 0 Å².